The highest BCUT2D eigenvalue weighted by Gasteiger charge is 2.28. The first-order valence-corrected chi connectivity index (χ1v) is 3.51. The normalized spacial score (nSPS) is 10.1. The number of rotatable bonds is 2. The number of nitrogens with two attached hydrogens (primary N) is 1. The van der Waals surface area contributed by atoms with Crippen molar-refractivity contribution in [1.29, 1.82) is 0 Å². The molecular formula is C7H2F5NO3. The minimum atomic E-state index is -2.36. The lowest BCUT2D eigenvalue weighted by molar-refractivity contribution is -0.144. The molecule has 2 N–H and O–H groups in total. The van der Waals surface area contributed by atoms with Gasteiger partial charge in [-0.15, -0.1) is 0 Å². The van der Waals surface area contributed by atoms with Gasteiger partial charge < -0.3 is 5.73 Å². The summed E-state index contributed by atoms with van der Waals surface area (Å²) in [7, 11) is 0. The predicted molar refractivity (Wildman–Crippen MR) is 37.5 cm³/mol. The third kappa shape index (κ3) is 1.97. The maximum Gasteiger partial charge on any atom is 0.447 e. The molecule has 88 valence electrons. The van der Waals surface area contributed by atoms with E-state index in [0.717, 1.165) is 0 Å². The Morgan fingerprint density at radius 2 is 1.25 bits per heavy atom. The average molecular weight is 243 g/mol. The molecule has 0 aliphatic carbocycles. The molecule has 0 fully saturated rings. The topological polar surface area (TPSA) is 61.6 Å². The van der Waals surface area contributed by atoms with E-state index in [1.807, 2.05) is 0 Å². The molecular weight excluding hydrogens is 241 g/mol. The van der Waals surface area contributed by atoms with E-state index in [2.05, 4.69) is 15.5 Å². The first-order chi connectivity index (χ1) is 7.36. The Bertz CT molecular complexity index is 421. The third-order valence-electron chi connectivity index (χ3n) is 1.38. The Labute approximate surface area is 84.3 Å². The molecule has 9 heteroatoms. The smallest absolute Gasteiger partial charge is 0.332 e. The molecule has 0 saturated heterocycles. The highest BCUT2D eigenvalue weighted by Crippen LogP contribution is 2.29. The Morgan fingerprint density at radius 3 is 1.62 bits per heavy atom. The van der Waals surface area contributed by atoms with Crippen LogP contribution in [-0.4, -0.2) is 6.09 Å². The third-order valence-corrected chi connectivity index (χ3v) is 1.38. The van der Waals surface area contributed by atoms with Gasteiger partial charge in [-0.1, -0.05) is 0 Å². The number of carbonyl (C=O) groups is 1. The van der Waals surface area contributed by atoms with Crippen LogP contribution in [0, 0.1) is 29.1 Å². The molecule has 1 rings (SSSR count). The number of benzene rings is 1. The summed E-state index contributed by atoms with van der Waals surface area (Å²) in [4.78, 5) is 17.0. The van der Waals surface area contributed by atoms with E-state index < -0.39 is 40.9 Å². The Morgan fingerprint density at radius 1 is 0.875 bits per heavy atom. The van der Waals surface area contributed by atoms with Gasteiger partial charge in [0.25, 0.3) is 5.75 Å². The maximum atomic E-state index is 12.8. The summed E-state index contributed by atoms with van der Waals surface area (Å²) in [5.74, 6) is -13.1. The zero-order valence-corrected chi connectivity index (χ0v) is 7.19. The van der Waals surface area contributed by atoms with E-state index in [1.54, 1.807) is 0 Å². The number of halogens is 5. The van der Waals surface area contributed by atoms with Crippen molar-refractivity contribution < 1.29 is 36.5 Å². The Hall–Kier alpha value is -2.06. The van der Waals surface area contributed by atoms with E-state index in [4.69, 9.17) is 0 Å². The molecule has 0 radical (unpaired) electrons. The van der Waals surface area contributed by atoms with Crippen LogP contribution in [0.4, 0.5) is 26.7 Å². The highest BCUT2D eigenvalue weighted by molar-refractivity contribution is 5.63. The highest BCUT2D eigenvalue weighted by atomic mass is 19.2. The second-order valence-electron chi connectivity index (χ2n) is 2.38. The lowest BCUT2D eigenvalue weighted by atomic mass is 10.3. The van der Waals surface area contributed by atoms with E-state index in [1.165, 1.54) is 0 Å². The molecule has 0 unspecified atom stereocenters. The van der Waals surface area contributed by atoms with Crippen molar-refractivity contribution in [3.8, 4) is 5.75 Å². The van der Waals surface area contributed by atoms with E-state index in [0.29, 0.717) is 0 Å². The van der Waals surface area contributed by atoms with Crippen molar-refractivity contribution in [3.05, 3.63) is 29.1 Å². The minimum absolute atomic E-state index is 1.62. The molecule has 4 nitrogen and oxygen atoms in total. The van der Waals surface area contributed by atoms with E-state index in [9.17, 15) is 26.7 Å². The van der Waals surface area contributed by atoms with Crippen LogP contribution in [-0.2, 0) is 4.89 Å². The average Bonchev–Trinajstić information content (AvgIpc) is 2.23. The summed E-state index contributed by atoms with van der Waals surface area (Å²) in [6, 6.07) is 0. The van der Waals surface area contributed by atoms with Gasteiger partial charge in [-0.3, -0.25) is 4.89 Å². The SMILES string of the molecule is NC(=O)OOc1c(F)c(F)c(F)c(F)c1F. The summed E-state index contributed by atoms with van der Waals surface area (Å²) < 4.78 is 63.1. The van der Waals surface area contributed by atoms with Crippen molar-refractivity contribution in [1.82, 2.24) is 0 Å². The predicted octanol–water partition coefficient (Wildman–Crippen LogP) is 1.77. The number of primary amides is 1. The molecule has 1 aromatic carbocycles. The van der Waals surface area contributed by atoms with Crippen molar-refractivity contribution >= 4 is 6.09 Å². The lowest BCUT2D eigenvalue weighted by Crippen LogP contribution is -2.17. The molecule has 16 heavy (non-hydrogen) atoms. The van der Waals surface area contributed by atoms with Crippen LogP contribution in [0.1, 0.15) is 0 Å². The van der Waals surface area contributed by atoms with Gasteiger partial charge in [0.2, 0.25) is 29.1 Å². The van der Waals surface area contributed by atoms with Crippen molar-refractivity contribution in [3.63, 3.8) is 0 Å². The molecule has 0 heterocycles. The van der Waals surface area contributed by atoms with Gasteiger partial charge >= 0.3 is 6.09 Å². The minimum Gasteiger partial charge on any atom is -0.332 e. The second-order valence-corrected chi connectivity index (χ2v) is 2.38. The van der Waals surface area contributed by atoms with Crippen LogP contribution in [0.2, 0.25) is 0 Å². The van der Waals surface area contributed by atoms with Crippen LogP contribution >= 0.6 is 0 Å². The summed E-state index contributed by atoms with van der Waals surface area (Å²) >= 11 is 0. The Kier molecular flexibility index (Phi) is 3.16. The van der Waals surface area contributed by atoms with Crippen molar-refractivity contribution in [2.45, 2.75) is 0 Å². The van der Waals surface area contributed by atoms with Crippen LogP contribution in [0.5, 0.6) is 5.75 Å². The van der Waals surface area contributed by atoms with Crippen LogP contribution in [0.25, 0.3) is 0 Å². The fraction of sp³-hybridized carbons (Fsp3) is 0. The number of hydrogen-bond acceptors (Lipinski definition) is 3. The van der Waals surface area contributed by atoms with E-state index in [-0.39, 0.29) is 0 Å². The van der Waals surface area contributed by atoms with Gasteiger partial charge in [-0.2, -0.15) is 8.78 Å². The van der Waals surface area contributed by atoms with Crippen LogP contribution in [0.15, 0.2) is 0 Å². The number of hydrogen-bond donors (Lipinski definition) is 1. The standard InChI is InChI=1S/C7H2F5NO3/c8-1-2(9)4(11)6(5(12)3(1)10)15-16-7(13)14/h(H2,13,14). The van der Waals surface area contributed by atoms with Crippen LogP contribution < -0.4 is 10.6 Å². The van der Waals surface area contributed by atoms with Gasteiger partial charge in [0.1, 0.15) is 0 Å². The molecule has 0 aliphatic rings. The molecule has 0 atom stereocenters. The van der Waals surface area contributed by atoms with Gasteiger partial charge in [0, 0.05) is 0 Å². The van der Waals surface area contributed by atoms with Gasteiger partial charge in [-0.05, 0) is 0 Å². The first-order valence-electron chi connectivity index (χ1n) is 3.51. The quantitative estimate of drug-likeness (QED) is 0.283. The second kappa shape index (κ2) is 4.21. The maximum absolute atomic E-state index is 12.8. The summed E-state index contributed by atoms with van der Waals surface area (Å²) in [5, 5.41) is 0. The fourth-order valence-electron chi connectivity index (χ4n) is 0.741. The summed E-state index contributed by atoms with van der Waals surface area (Å²) in [5.41, 5.74) is 4.35. The largest absolute Gasteiger partial charge is 0.447 e. The van der Waals surface area contributed by atoms with Gasteiger partial charge in [0.15, 0.2) is 0 Å². The molecule has 1 aromatic rings. The summed E-state index contributed by atoms with van der Waals surface area (Å²) in [6.45, 7) is 0. The molecule has 0 saturated carbocycles. The number of carbonyl (C=O) groups excluding carboxylic acids is 1. The number of amides is 1. The molecule has 0 aromatic heterocycles. The summed E-state index contributed by atoms with van der Waals surface area (Å²) in [6.07, 6.45) is -1.62. The van der Waals surface area contributed by atoms with Gasteiger partial charge in [-0.25, -0.2) is 22.9 Å². The van der Waals surface area contributed by atoms with Crippen molar-refractivity contribution in [2.24, 2.45) is 5.73 Å². The zero-order valence-electron chi connectivity index (χ0n) is 7.19. The molecule has 1 amide bonds. The molecule has 0 spiro atoms. The monoisotopic (exact) mass is 243 g/mol. The van der Waals surface area contributed by atoms with E-state index >= 15 is 0 Å². The lowest BCUT2D eigenvalue weighted by Gasteiger charge is -2.06. The zero-order chi connectivity index (χ0) is 12.5. The first kappa shape index (κ1) is 12.0. The fourth-order valence-corrected chi connectivity index (χ4v) is 0.741. The molecule has 0 aliphatic heterocycles. The van der Waals surface area contributed by atoms with Gasteiger partial charge in [0.05, 0.1) is 0 Å². The van der Waals surface area contributed by atoms with Crippen LogP contribution in [0.3, 0.4) is 0 Å². The molecule has 0 bridgehead atoms. The Balaban J connectivity index is 3.23. The van der Waals surface area contributed by atoms with Crippen molar-refractivity contribution in [2.75, 3.05) is 0 Å².